The molecule has 1 N–H and O–H groups in total. The van der Waals surface area contributed by atoms with Gasteiger partial charge in [-0.1, -0.05) is 12.1 Å². The first-order valence-electron chi connectivity index (χ1n) is 10.9. The van der Waals surface area contributed by atoms with Gasteiger partial charge in [-0.3, -0.25) is 0 Å². The van der Waals surface area contributed by atoms with Crippen molar-refractivity contribution in [2.45, 2.75) is 56.8 Å². The number of imidazole rings is 1. The van der Waals surface area contributed by atoms with Gasteiger partial charge in [-0.05, 0) is 67.8 Å². The number of phosphoric acid groups is 1. The molecule has 0 radical (unpaired) electrons. The van der Waals surface area contributed by atoms with Gasteiger partial charge in [0.15, 0.2) is 0 Å². The molecule has 0 saturated heterocycles. The molecule has 4 aliphatic carbocycles. The van der Waals surface area contributed by atoms with Gasteiger partial charge in [-0.15, -0.1) is 0 Å². The average Bonchev–Trinajstić information content (AvgIpc) is 3.27. The Balaban J connectivity index is 0.00000130. The monoisotopic (exact) mass is 492 g/mol. The van der Waals surface area contributed by atoms with Crippen LogP contribution in [0, 0.1) is 29.0 Å². The molecule has 166 valence electrons. The van der Waals surface area contributed by atoms with Crippen molar-refractivity contribution in [1.29, 1.82) is 0 Å². The number of nitrogens with zero attached hydrogens (tertiary/aromatic N) is 2. The zero-order valence-electron chi connectivity index (χ0n) is 18.9. The zero-order chi connectivity index (χ0) is 21.5. The van der Waals surface area contributed by atoms with Crippen LogP contribution in [0.3, 0.4) is 0 Å². The van der Waals surface area contributed by atoms with Gasteiger partial charge in [-0.2, -0.15) is 0 Å². The van der Waals surface area contributed by atoms with Crippen LogP contribution in [0.2, 0.25) is 0 Å². The summed E-state index contributed by atoms with van der Waals surface area (Å²) >= 11 is 0. The Morgan fingerprint density at radius 3 is 2.61 bits per heavy atom. The largest absolute Gasteiger partial charge is 1.00 e. The predicted octanol–water partition coefficient (Wildman–Crippen LogP) is -3.61. The van der Waals surface area contributed by atoms with Crippen molar-refractivity contribution >= 4 is 7.82 Å². The Bertz CT molecular complexity index is 1080. The third-order valence-electron chi connectivity index (χ3n) is 8.30. The number of aliphatic hydroxyl groups excluding tert-OH is 1. The van der Waals surface area contributed by atoms with Crippen molar-refractivity contribution in [3.8, 4) is 11.3 Å². The molecule has 4 unspecified atom stereocenters. The minimum Gasteiger partial charge on any atom is -0.790 e. The van der Waals surface area contributed by atoms with E-state index in [1.165, 1.54) is 6.07 Å². The van der Waals surface area contributed by atoms with E-state index in [1.807, 2.05) is 10.6 Å². The molecule has 4 fully saturated rings. The number of hydrogen-bond donors (Lipinski definition) is 1. The van der Waals surface area contributed by atoms with E-state index < -0.39 is 20.0 Å². The molecule has 11 heteroatoms. The number of rotatable bonds is 5. The average molecular weight is 492 g/mol. The molecule has 7 nitrogen and oxygen atoms in total. The molecule has 2 heterocycles. The quantitative estimate of drug-likeness (QED) is 0.341. The molecule has 4 saturated carbocycles. The Kier molecular flexibility index (Phi) is 7.53. The maximum Gasteiger partial charge on any atom is 1.00 e. The van der Waals surface area contributed by atoms with Gasteiger partial charge in [0.25, 0.3) is 0 Å². The van der Waals surface area contributed by atoms with Gasteiger partial charge in [0.2, 0.25) is 0 Å². The molecule has 0 amide bonds. The number of phosphoric ester groups is 1. The maximum atomic E-state index is 14.8. The summed E-state index contributed by atoms with van der Waals surface area (Å²) in [5.74, 6) is 0.0576. The first-order chi connectivity index (χ1) is 14.7. The smallest absolute Gasteiger partial charge is 0.790 e. The van der Waals surface area contributed by atoms with Crippen molar-refractivity contribution in [2.24, 2.45) is 23.2 Å². The summed E-state index contributed by atoms with van der Waals surface area (Å²) in [4.78, 5) is 26.8. The molecule has 1 aromatic carbocycles. The van der Waals surface area contributed by atoms with Crippen molar-refractivity contribution in [1.82, 2.24) is 9.55 Å². The van der Waals surface area contributed by atoms with Crippen LogP contribution in [0.1, 0.15) is 50.1 Å². The summed E-state index contributed by atoms with van der Waals surface area (Å²) in [5.41, 5.74) is 1.92. The van der Waals surface area contributed by atoms with Crippen molar-refractivity contribution in [2.75, 3.05) is 0 Å². The first kappa shape index (κ1) is 26.5. The van der Waals surface area contributed by atoms with Gasteiger partial charge in [0.05, 0.1) is 44.3 Å². The molecule has 1 aliphatic heterocycles. The summed E-state index contributed by atoms with van der Waals surface area (Å²) < 4.78 is 33.0. The standard InChI is InChI=1S/C22H26FN2O5P.2Na/c23-16-3-1-2-15-18-10-24-11-25(18)17(20(15)16)6-19(26)22-7-12-4-13(8-22)21(14(5-12)9-22)30-31(27,28)29;;/h1-3,10-14,17,19,21,26H,4-9H2,(H2,27,28,29);;/q;2*+1/p-2. The van der Waals surface area contributed by atoms with E-state index in [1.54, 1.807) is 18.6 Å². The fourth-order valence-electron chi connectivity index (χ4n) is 7.46. The van der Waals surface area contributed by atoms with Crippen molar-refractivity contribution < 1.29 is 87.5 Å². The number of benzene rings is 1. The van der Waals surface area contributed by atoms with Gasteiger partial charge in [0.1, 0.15) is 5.82 Å². The van der Waals surface area contributed by atoms with E-state index in [-0.39, 0.29) is 88.2 Å². The number of halogens is 1. The Morgan fingerprint density at radius 1 is 1.24 bits per heavy atom. The third kappa shape index (κ3) is 4.42. The molecule has 4 bridgehead atoms. The zero-order valence-corrected chi connectivity index (χ0v) is 23.8. The van der Waals surface area contributed by atoms with Crippen LogP contribution in [0.4, 0.5) is 4.39 Å². The summed E-state index contributed by atoms with van der Waals surface area (Å²) in [5, 5.41) is 11.5. The SMILES string of the molecule is O=P([O-])([O-])OC1C2CC3CC1CC(C(O)CC1c4c(F)cccc4-c4cncn41)(C3)C2.[Na+].[Na+]. The van der Waals surface area contributed by atoms with Crippen LogP contribution in [0.15, 0.2) is 30.7 Å². The molecule has 33 heavy (non-hydrogen) atoms. The third-order valence-corrected chi connectivity index (χ3v) is 8.80. The van der Waals surface area contributed by atoms with E-state index in [0.717, 1.165) is 30.5 Å². The van der Waals surface area contributed by atoms with Crippen LogP contribution >= 0.6 is 7.82 Å². The van der Waals surface area contributed by atoms with E-state index in [9.17, 15) is 23.8 Å². The fraction of sp³-hybridized carbons (Fsp3) is 0.591. The normalized spacial score (nSPS) is 34.2. The van der Waals surface area contributed by atoms with Gasteiger partial charge in [-0.25, -0.2) is 9.37 Å². The first-order valence-corrected chi connectivity index (χ1v) is 12.4. The topological polar surface area (TPSA) is 110 Å². The molecule has 5 aliphatic rings. The van der Waals surface area contributed by atoms with E-state index in [2.05, 4.69) is 4.98 Å². The summed E-state index contributed by atoms with van der Waals surface area (Å²) in [6, 6.07) is 4.70. The van der Waals surface area contributed by atoms with Gasteiger partial charge < -0.3 is 28.5 Å². The second-order valence-corrected chi connectivity index (χ2v) is 11.1. The fourth-order valence-corrected chi connectivity index (χ4v) is 8.10. The van der Waals surface area contributed by atoms with Crippen molar-refractivity contribution in [3.63, 3.8) is 0 Å². The van der Waals surface area contributed by atoms with Gasteiger partial charge in [0, 0.05) is 11.1 Å². The molecule has 1 aromatic heterocycles. The number of fused-ring (bicyclic) bond motifs is 3. The number of hydrogen-bond acceptors (Lipinski definition) is 6. The van der Waals surface area contributed by atoms with E-state index in [0.29, 0.717) is 30.7 Å². The van der Waals surface area contributed by atoms with E-state index in [4.69, 9.17) is 4.52 Å². The van der Waals surface area contributed by atoms with Crippen molar-refractivity contribution in [3.05, 3.63) is 42.1 Å². The Labute approximate surface area is 236 Å². The maximum absolute atomic E-state index is 14.8. The minimum atomic E-state index is -5.05. The molecule has 4 atom stereocenters. The van der Waals surface area contributed by atoms with Crippen LogP contribution in [-0.4, -0.2) is 26.9 Å². The predicted molar refractivity (Wildman–Crippen MR) is 105 cm³/mol. The van der Waals surface area contributed by atoms with E-state index >= 15 is 0 Å². The molecular weight excluding hydrogens is 468 g/mol. The second-order valence-electron chi connectivity index (χ2n) is 10.0. The number of aliphatic hydroxyl groups is 1. The van der Waals surface area contributed by atoms with Crippen LogP contribution in [-0.2, 0) is 9.09 Å². The summed E-state index contributed by atoms with van der Waals surface area (Å²) in [7, 11) is -5.05. The molecule has 7 rings (SSSR count). The van der Waals surface area contributed by atoms with Crippen LogP contribution < -0.4 is 68.9 Å². The minimum absolute atomic E-state index is 0. The summed E-state index contributed by atoms with van der Waals surface area (Å²) in [6.07, 6.45) is 6.38. The van der Waals surface area contributed by atoms with Gasteiger partial charge >= 0.3 is 59.1 Å². The summed E-state index contributed by atoms with van der Waals surface area (Å²) in [6.45, 7) is 0. The Hall–Kier alpha value is 0.430. The molecule has 0 spiro atoms. The van der Waals surface area contributed by atoms with Crippen LogP contribution in [0.25, 0.3) is 11.3 Å². The van der Waals surface area contributed by atoms with Crippen LogP contribution in [0.5, 0.6) is 0 Å². The molecule has 2 aromatic rings. The Morgan fingerprint density at radius 2 is 1.94 bits per heavy atom. The molecular formula is C22H24FN2Na2O5P. The second kappa shape index (κ2) is 9.38. The number of aromatic nitrogens is 2.